The molecule has 13 heavy (non-hydrogen) atoms. The molecule has 2 rings (SSSR count). The number of thiophene rings is 1. The molecular weight excluding hydrogens is 180 g/mol. The van der Waals surface area contributed by atoms with Crippen molar-refractivity contribution < 1.29 is 0 Å². The van der Waals surface area contributed by atoms with Gasteiger partial charge in [-0.05, 0) is 31.3 Å². The van der Waals surface area contributed by atoms with Crippen LogP contribution in [-0.4, -0.2) is 19.1 Å². The quantitative estimate of drug-likeness (QED) is 0.770. The van der Waals surface area contributed by atoms with Crippen LogP contribution in [0.15, 0.2) is 17.5 Å². The van der Waals surface area contributed by atoms with Crippen molar-refractivity contribution in [3.63, 3.8) is 0 Å². The van der Waals surface area contributed by atoms with Crippen molar-refractivity contribution in [3.8, 4) is 0 Å². The lowest BCUT2D eigenvalue weighted by Gasteiger charge is -2.17. The van der Waals surface area contributed by atoms with E-state index in [0.717, 1.165) is 13.1 Å². The third-order valence-corrected chi connectivity index (χ3v) is 3.57. The fourth-order valence-electron chi connectivity index (χ4n) is 1.77. The van der Waals surface area contributed by atoms with Crippen LogP contribution in [0.25, 0.3) is 0 Å². The Bertz CT molecular complexity index is 239. The Morgan fingerprint density at radius 2 is 2.62 bits per heavy atom. The Morgan fingerprint density at radius 1 is 1.69 bits per heavy atom. The van der Waals surface area contributed by atoms with E-state index in [1.165, 1.54) is 11.3 Å². The van der Waals surface area contributed by atoms with Crippen molar-refractivity contribution in [1.29, 1.82) is 0 Å². The molecule has 1 aliphatic heterocycles. The Balaban J connectivity index is 1.87. The number of rotatable bonds is 3. The SMILES string of the molecule is C[C@H](N[C@@H]1CCNC1)c1cccs1. The summed E-state index contributed by atoms with van der Waals surface area (Å²) in [5.41, 5.74) is 0. The summed E-state index contributed by atoms with van der Waals surface area (Å²) in [6.07, 6.45) is 1.26. The highest BCUT2D eigenvalue weighted by atomic mass is 32.1. The van der Waals surface area contributed by atoms with Crippen LogP contribution < -0.4 is 10.6 Å². The lowest BCUT2D eigenvalue weighted by molar-refractivity contribution is 0.483. The minimum absolute atomic E-state index is 0.505. The highest BCUT2D eigenvalue weighted by Crippen LogP contribution is 2.19. The van der Waals surface area contributed by atoms with Gasteiger partial charge in [-0.1, -0.05) is 6.07 Å². The van der Waals surface area contributed by atoms with Crippen molar-refractivity contribution in [2.75, 3.05) is 13.1 Å². The summed E-state index contributed by atoms with van der Waals surface area (Å²) in [5.74, 6) is 0. The predicted molar refractivity (Wildman–Crippen MR) is 57.1 cm³/mol. The predicted octanol–water partition coefficient (Wildman–Crippen LogP) is 1.76. The molecule has 0 radical (unpaired) electrons. The van der Waals surface area contributed by atoms with Crippen LogP contribution in [0, 0.1) is 0 Å². The van der Waals surface area contributed by atoms with E-state index in [2.05, 4.69) is 35.1 Å². The van der Waals surface area contributed by atoms with Crippen LogP contribution in [0.3, 0.4) is 0 Å². The van der Waals surface area contributed by atoms with Crippen LogP contribution >= 0.6 is 11.3 Å². The van der Waals surface area contributed by atoms with Gasteiger partial charge in [0.2, 0.25) is 0 Å². The number of hydrogen-bond donors (Lipinski definition) is 2. The summed E-state index contributed by atoms with van der Waals surface area (Å²) in [6.45, 7) is 4.52. The monoisotopic (exact) mass is 196 g/mol. The molecule has 1 fully saturated rings. The maximum Gasteiger partial charge on any atom is 0.0388 e. The molecule has 2 nitrogen and oxygen atoms in total. The zero-order valence-corrected chi connectivity index (χ0v) is 8.73. The van der Waals surface area contributed by atoms with E-state index in [1.807, 2.05) is 11.3 Å². The highest BCUT2D eigenvalue weighted by Gasteiger charge is 2.17. The molecule has 72 valence electrons. The molecular formula is C10H16N2S. The van der Waals surface area contributed by atoms with E-state index in [1.54, 1.807) is 0 Å². The molecule has 0 aromatic carbocycles. The van der Waals surface area contributed by atoms with E-state index < -0.39 is 0 Å². The first-order valence-corrected chi connectivity index (χ1v) is 5.74. The number of hydrogen-bond acceptors (Lipinski definition) is 3. The summed E-state index contributed by atoms with van der Waals surface area (Å²) in [5, 5.41) is 9.13. The lowest BCUT2D eigenvalue weighted by Crippen LogP contribution is -2.32. The standard InChI is InChI=1S/C10H16N2S/c1-8(10-3-2-6-13-10)12-9-4-5-11-7-9/h2-3,6,8-9,11-12H,4-5,7H2,1H3/t8-,9+/m0/s1. The average Bonchev–Trinajstić information content (AvgIpc) is 2.74. The van der Waals surface area contributed by atoms with Crippen molar-refractivity contribution in [1.82, 2.24) is 10.6 Å². The van der Waals surface area contributed by atoms with Gasteiger partial charge in [-0.25, -0.2) is 0 Å². The van der Waals surface area contributed by atoms with Crippen LogP contribution in [0.1, 0.15) is 24.3 Å². The smallest absolute Gasteiger partial charge is 0.0388 e. The van der Waals surface area contributed by atoms with Gasteiger partial charge in [0.15, 0.2) is 0 Å². The van der Waals surface area contributed by atoms with Gasteiger partial charge in [0.05, 0.1) is 0 Å². The molecule has 0 spiro atoms. The van der Waals surface area contributed by atoms with Gasteiger partial charge < -0.3 is 10.6 Å². The van der Waals surface area contributed by atoms with Gasteiger partial charge in [-0.15, -0.1) is 11.3 Å². The molecule has 3 heteroatoms. The minimum atomic E-state index is 0.505. The fourth-order valence-corrected chi connectivity index (χ4v) is 2.51. The van der Waals surface area contributed by atoms with Gasteiger partial charge in [-0.2, -0.15) is 0 Å². The Labute approximate surface area is 83.4 Å². The van der Waals surface area contributed by atoms with Gasteiger partial charge >= 0.3 is 0 Å². The summed E-state index contributed by atoms with van der Waals surface area (Å²) in [7, 11) is 0. The van der Waals surface area contributed by atoms with E-state index >= 15 is 0 Å². The van der Waals surface area contributed by atoms with Crippen molar-refractivity contribution in [3.05, 3.63) is 22.4 Å². The van der Waals surface area contributed by atoms with Crippen LogP contribution in [0.5, 0.6) is 0 Å². The van der Waals surface area contributed by atoms with Gasteiger partial charge in [0.1, 0.15) is 0 Å². The topological polar surface area (TPSA) is 24.1 Å². The summed E-state index contributed by atoms with van der Waals surface area (Å²) in [4.78, 5) is 1.44. The molecule has 1 aromatic heterocycles. The first-order chi connectivity index (χ1) is 6.36. The molecule has 1 aromatic rings. The second-order valence-electron chi connectivity index (χ2n) is 3.59. The number of nitrogens with one attached hydrogen (secondary N) is 2. The molecule has 2 N–H and O–H groups in total. The molecule has 0 saturated carbocycles. The summed E-state index contributed by atoms with van der Waals surface area (Å²) >= 11 is 1.83. The summed E-state index contributed by atoms with van der Waals surface area (Å²) in [6, 6.07) is 5.48. The molecule has 1 saturated heterocycles. The second-order valence-corrected chi connectivity index (χ2v) is 4.57. The van der Waals surface area contributed by atoms with Crippen molar-refractivity contribution >= 4 is 11.3 Å². The third kappa shape index (κ3) is 2.30. The molecule has 0 unspecified atom stereocenters. The molecule has 2 heterocycles. The van der Waals surface area contributed by atoms with Crippen LogP contribution in [0.4, 0.5) is 0 Å². The van der Waals surface area contributed by atoms with Gasteiger partial charge in [-0.3, -0.25) is 0 Å². The zero-order chi connectivity index (χ0) is 9.10. The van der Waals surface area contributed by atoms with Crippen LogP contribution in [0.2, 0.25) is 0 Å². The van der Waals surface area contributed by atoms with Gasteiger partial charge in [0, 0.05) is 23.5 Å². The average molecular weight is 196 g/mol. The maximum atomic E-state index is 3.63. The summed E-state index contributed by atoms with van der Waals surface area (Å²) < 4.78 is 0. The van der Waals surface area contributed by atoms with Gasteiger partial charge in [0.25, 0.3) is 0 Å². The first-order valence-electron chi connectivity index (χ1n) is 4.86. The zero-order valence-electron chi connectivity index (χ0n) is 7.92. The normalized spacial score (nSPS) is 24.8. The van der Waals surface area contributed by atoms with E-state index in [9.17, 15) is 0 Å². The fraction of sp³-hybridized carbons (Fsp3) is 0.600. The largest absolute Gasteiger partial charge is 0.315 e. The third-order valence-electron chi connectivity index (χ3n) is 2.52. The molecule has 0 amide bonds. The Hall–Kier alpha value is -0.380. The van der Waals surface area contributed by atoms with E-state index in [4.69, 9.17) is 0 Å². The van der Waals surface area contributed by atoms with Crippen LogP contribution in [-0.2, 0) is 0 Å². The minimum Gasteiger partial charge on any atom is -0.315 e. The molecule has 1 aliphatic rings. The first kappa shape index (κ1) is 9.19. The Morgan fingerprint density at radius 3 is 3.23 bits per heavy atom. The van der Waals surface area contributed by atoms with E-state index in [-0.39, 0.29) is 0 Å². The lowest BCUT2D eigenvalue weighted by atomic mass is 10.2. The van der Waals surface area contributed by atoms with Crippen molar-refractivity contribution in [2.45, 2.75) is 25.4 Å². The molecule has 0 bridgehead atoms. The van der Waals surface area contributed by atoms with Crippen molar-refractivity contribution in [2.24, 2.45) is 0 Å². The van der Waals surface area contributed by atoms with E-state index in [0.29, 0.717) is 12.1 Å². The molecule has 2 atom stereocenters. The second kappa shape index (κ2) is 4.22. The maximum absolute atomic E-state index is 3.63. The Kier molecular flexibility index (Phi) is 2.98. The molecule has 0 aliphatic carbocycles. The highest BCUT2D eigenvalue weighted by molar-refractivity contribution is 7.10.